The zero-order valence-corrected chi connectivity index (χ0v) is 25.8. The van der Waals surface area contributed by atoms with Gasteiger partial charge in [-0.05, 0) is 60.6 Å². The number of carbonyl (C=O) groups excluding carboxylic acids is 2. The lowest BCUT2D eigenvalue weighted by Crippen LogP contribution is -2.63. The van der Waals surface area contributed by atoms with Gasteiger partial charge in [0.1, 0.15) is 11.9 Å². The Balaban J connectivity index is 1.33. The number of aliphatic hydroxyl groups excluding tert-OH is 1. The number of rotatable bonds is 6. The number of esters is 1. The zero-order chi connectivity index (χ0) is 31.6. The van der Waals surface area contributed by atoms with Gasteiger partial charge in [-0.15, -0.1) is 10.2 Å². The van der Waals surface area contributed by atoms with Crippen LogP contribution in [0.25, 0.3) is 6.08 Å². The number of aryl methyl sites for hydroxylation is 1. The minimum absolute atomic E-state index is 0.00221. The first kappa shape index (κ1) is 30.9. The maximum atomic E-state index is 15.1. The first-order valence-electron chi connectivity index (χ1n) is 15.4. The molecule has 12 heteroatoms. The summed E-state index contributed by atoms with van der Waals surface area (Å²) in [5.74, 6) is -1.38. The van der Waals surface area contributed by atoms with Crippen LogP contribution in [0.2, 0.25) is 0 Å². The number of Topliss-reactive ketones (excluding diaryl/α,β-unsaturated/α-hetero) is 1. The summed E-state index contributed by atoms with van der Waals surface area (Å²) >= 11 is 0. The van der Waals surface area contributed by atoms with E-state index < -0.39 is 54.0 Å². The van der Waals surface area contributed by atoms with E-state index in [0.717, 1.165) is 12.8 Å². The fraction of sp³-hybridized carbons (Fsp3) is 0.625. The number of hydrogen-bond donors (Lipinski definition) is 2. The van der Waals surface area contributed by atoms with Crippen LogP contribution >= 0.6 is 0 Å². The number of carbonyl (C=O) groups is 2. The van der Waals surface area contributed by atoms with E-state index in [0.29, 0.717) is 30.2 Å². The smallest absolute Gasteiger partial charge is 0.479 e. The fourth-order valence-electron chi connectivity index (χ4n) is 8.80. The van der Waals surface area contributed by atoms with Gasteiger partial charge in [-0.1, -0.05) is 39.8 Å². The standard InChI is InChI=1S/C32H40BFN2O8/c1-17-8-12-32-13-9-21(37)28(32)31(17,5)23(14-30(4,29(39)18(32)2)11-10-24-36-35-19(3)43-24)44-25(38)16-41-22-7-6-20-15-42-33(40)26(20)27(22)34/h6-7,10-11,17-18,23,28-29,39-40H,8-9,12-16H2,1-5H3/b11-10+/t17-,18+,23-,28+,29+,30-,31+,32+/m1/s1. The summed E-state index contributed by atoms with van der Waals surface area (Å²) in [6.45, 7) is 9.33. The summed E-state index contributed by atoms with van der Waals surface area (Å²) in [5.41, 5.74) is -1.53. The second-order valence-electron chi connectivity index (χ2n) is 13.8. The number of ketones is 1. The van der Waals surface area contributed by atoms with Crippen molar-refractivity contribution in [1.29, 1.82) is 0 Å². The van der Waals surface area contributed by atoms with Crippen LogP contribution in [0, 0.1) is 46.7 Å². The summed E-state index contributed by atoms with van der Waals surface area (Å²) in [4.78, 5) is 27.2. The second kappa shape index (κ2) is 11.1. The first-order valence-corrected chi connectivity index (χ1v) is 15.4. The van der Waals surface area contributed by atoms with Gasteiger partial charge in [-0.3, -0.25) is 4.79 Å². The van der Waals surface area contributed by atoms with Crippen molar-refractivity contribution in [2.24, 2.45) is 34.0 Å². The largest absolute Gasteiger partial charge is 0.494 e. The molecule has 3 saturated carbocycles. The van der Waals surface area contributed by atoms with Crippen LogP contribution in [0.1, 0.15) is 77.1 Å². The Morgan fingerprint density at radius 1 is 1.25 bits per heavy atom. The van der Waals surface area contributed by atoms with E-state index in [9.17, 15) is 19.7 Å². The molecule has 44 heavy (non-hydrogen) atoms. The highest BCUT2D eigenvalue weighted by molar-refractivity contribution is 6.61. The molecule has 1 aromatic carbocycles. The molecule has 0 amide bonds. The highest BCUT2D eigenvalue weighted by Crippen LogP contribution is 2.68. The van der Waals surface area contributed by atoms with Crippen molar-refractivity contribution in [3.05, 3.63) is 41.4 Å². The quantitative estimate of drug-likeness (QED) is 0.369. The van der Waals surface area contributed by atoms with Gasteiger partial charge in [0.15, 0.2) is 18.2 Å². The monoisotopic (exact) mass is 610 g/mol. The predicted molar refractivity (Wildman–Crippen MR) is 157 cm³/mol. The van der Waals surface area contributed by atoms with Gasteiger partial charge < -0.3 is 28.7 Å². The Hall–Kier alpha value is -3.09. The van der Waals surface area contributed by atoms with Crippen molar-refractivity contribution in [1.82, 2.24) is 10.2 Å². The van der Waals surface area contributed by atoms with Gasteiger partial charge in [0, 0.05) is 35.6 Å². The minimum Gasteiger partial charge on any atom is -0.479 e. The fourth-order valence-corrected chi connectivity index (χ4v) is 8.80. The maximum absolute atomic E-state index is 15.1. The van der Waals surface area contributed by atoms with Crippen molar-refractivity contribution in [3.8, 4) is 5.75 Å². The van der Waals surface area contributed by atoms with Gasteiger partial charge in [0.2, 0.25) is 11.8 Å². The van der Waals surface area contributed by atoms with Crippen molar-refractivity contribution in [3.63, 3.8) is 0 Å². The third-order valence-electron chi connectivity index (χ3n) is 11.5. The van der Waals surface area contributed by atoms with E-state index in [1.54, 1.807) is 19.1 Å². The van der Waals surface area contributed by atoms with E-state index in [4.69, 9.17) is 18.5 Å². The predicted octanol–water partition coefficient (Wildman–Crippen LogP) is 3.55. The van der Waals surface area contributed by atoms with E-state index in [2.05, 4.69) is 24.0 Å². The number of nitrogens with zero attached hydrogens (tertiary/aromatic N) is 2. The number of aliphatic hydroxyl groups is 1. The zero-order valence-electron chi connectivity index (χ0n) is 25.8. The lowest BCUT2D eigenvalue weighted by molar-refractivity contribution is -0.207. The summed E-state index contributed by atoms with van der Waals surface area (Å²) in [6.07, 6.45) is 4.88. The summed E-state index contributed by atoms with van der Waals surface area (Å²) in [5, 5.41) is 30.0. The van der Waals surface area contributed by atoms with Crippen LogP contribution in [0.15, 0.2) is 22.6 Å². The average molecular weight is 610 g/mol. The van der Waals surface area contributed by atoms with Crippen LogP contribution in [-0.2, 0) is 25.6 Å². The molecule has 6 rings (SSSR count). The molecule has 8 atom stereocenters. The molecule has 2 aromatic rings. The van der Waals surface area contributed by atoms with Gasteiger partial charge in [-0.25, -0.2) is 9.18 Å². The normalized spacial score (nSPS) is 36.6. The number of aromatic nitrogens is 2. The van der Waals surface area contributed by atoms with E-state index in [1.807, 2.05) is 19.9 Å². The molecule has 10 nitrogen and oxygen atoms in total. The van der Waals surface area contributed by atoms with Crippen LogP contribution < -0.4 is 10.2 Å². The second-order valence-corrected chi connectivity index (χ2v) is 13.8. The number of hydrogen-bond acceptors (Lipinski definition) is 10. The number of benzene rings is 1. The third kappa shape index (κ3) is 4.80. The van der Waals surface area contributed by atoms with Crippen molar-refractivity contribution in [2.45, 2.75) is 85.5 Å². The third-order valence-corrected chi connectivity index (χ3v) is 11.5. The summed E-state index contributed by atoms with van der Waals surface area (Å²) in [6, 6.07) is 2.99. The molecule has 0 unspecified atom stereocenters. The first-order chi connectivity index (χ1) is 20.8. The van der Waals surface area contributed by atoms with Crippen LogP contribution in [0.4, 0.5) is 4.39 Å². The lowest BCUT2D eigenvalue weighted by Gasteiger charge is -2.61. The molecular weight excluding hydrogens is 570 g/mol. The molecule has 236 valence electrons. The average Bonchev–Trinajstić information content (AvgIpc) is 3.69. The number of halogens is 1. The lowest BCUT2D eigenvalue weighted by atomic mass is 9.44. The Kier molecular flexibility index (Phi) is 7.77. The van der Waals surface area contributed by atoms with E-state index in [1.165, 1.54) is 6.07 Å². The highest BCUT2D eigenvalue weighted by Gasteiger charge is 2.68. The minimum atomic E-state index is -1.40. The van der Waals surface area contributed by atoms with E-state index in [-0.39, 0.29) is 47.8 Å². The summed E-state index contributed by atoms with van der Waals surface area (Å²) < 4.78 is 37.6. The molecule has 1 aliphatic heterocycles. The molecule has 0 radical (unpaired) electrons. The van der Waals surface area contributed by atoms with Crippen LogP contribution in [0.5, 0.6) is 5.75 Å². The van der Waals surface area contributed by atoms with Gasteiger partial charge in [-0.2, -0.15) is 0 Å². The summed E-state index contributed by atoms with van der Waals surface area (Å²) in [7, 11) is -1.40. The molecule has 0 spiro atoms. The number of ether oxygens (including phenoxy) is 2. The molecule has 2 N–H and O–H groups in total. The van der Waals surface area contributed by atoms with Crippen molar-refractivity contribution in [2.75, 3.05) is 6.61 Å². The van der Waals surface area contributed by atoms with Crippen molar-refractivity contribution >= 4 is 30.4 Å². The van der Waals surface area contributed by atoms with Crippen LogP contribution in [0.3, 0.4) is 0 Å². The molecule has 0 saturated heterocycles. The van der Waals surface area contributed by atoms with Gasteiger partial charge in [0.25, 0.3) is 0 Å². The van der Waals surface area contributed by atoms with E-state index >= 15 is 4.39 Å². The molecule has 3 fully saturated rings. The Morgan fingerprint density at radius 3 is 2.75 bits per heavy atom. The topological polar surface area (TPSA) is 141 Å². The molecule has 3 aliphatic carbocycles. The Bertz CT molecular complexity index is 1500. The van der Waals surface area contributed by atoms with Crippen LogP contribution in [-0.4, -0.2) is 58.0 Å². The molecule has 2 bridgehead atoms. The van der Waals surface area contributed by atoms with Crippen molar-refractivity contribution < 1.29 is 42.7 Å². The molecule has 1 aromatic heterocycles. The maximum Gasteiger partial charge on any atom is 0.494 e. The highest BCUT2D eigenvalue weighted by atomic mass is 19.1. The number of fused-ring (bicyclic) bond motifs is 1. The SMILES string of the molecule is Cc1nnc(/C=C/[C@]2(C)C[C@@H](OC(=O)COc3ccc4c(c3F)B(O)OC4)[C@]3(C)[C@H](C)CC[C@]4(CCC(=O)[C@H]43)[C@@H](C)[C@@H]2O)o1. The van der Waals surface area contributed by atoms with Gasteiger partial charge in [0.05, 0.1) is 12.7 Å². The molecular formula is C32H40BFN2O8. The van der Waals surface area contributed by atoms with Gasteiger partial charge >= 0.3 is 13.1 Å². The Labute approximate surface area is 256 Å². The molecule has 2 heterocycles. The Morgan fingerprint density at radius 2 is 2.02 bits per heavy atom. The molecule has 4 aliphatic rings.